The van der Waals surface area contributed by atoms with Crippen LogP contribution in [0.25, 0.3) is 0 Å². The molecule has 0 saturated carbocycles. The van der Waals surface area contributed by atoms with Crippen molar-refractivity contribution in [2.45, 2.75) is 12.3 Å². The van der Waals surface area contributed by atoms with E-state index in [4.69, 9.17) is 4.74 Å². The van der Waals surface area contributed by atoms with E-state index in [0.717, 1.165) is 0 Å². The highest BCUT2D eigenvalue weighted by atomic mass is 16.5. The van der Waals surface area contributed by atoms with Crippen LogP contribution in [0.4, 0.5) is 5.69 Å². The third-order valence-corrected chi connectivity index (χ3v) is 4.12. The minimum Gasteiger partial charge on any atom is -0.496 e. The monoisotopic (exact) mass is 351 g/mol. The summed E-state index contributed by atoms with van der Waals surface area (Å²) in [6, 6.07) is 15.7. The second kappa shape index (κ2) is 7.70. The number of ether oxygens (including phenoxy) is 1. The average molecular weight is 351 g/mol. The number of hydrogen-bond acceptors (Lipinski definition) is 4. The molecule has 0 heterocycles. The highest BCUT2D eigenvalue weighted by molar-refractivity contribution is 6.03. The van der Waals surface area contributed by atoms with Crippen molar-refractivity contribution in [1.82, 2.24) is 4.90 Å². The van der Waals surface area contributed by atoms with Crippen molar-refractivity contribution in [3.05, 3.63) is 59.7 Å². The number of methoxy groups -OCH3 is 1. The SMILES string of the molecule is COc1ccc(NC(=O)C(C)(C#N)c2ccccc2)cc1C(=O)N(C)C. The summed E-state index contributed by atoms with van der Waals surface area (Å²) < 4.78 is 5.22. The molecular weight excluding hydrogens is 330 g/mol. The molecule has 134 valence electrons. The van der Waals surface area contributed by atoms with Crippen LogP contribution in [0.3, 0.4) is 0 Å². The van der Waals surface area contributed by atoms with Gasteiger partial charge in [0.05, 0.1) is 18.7 Å². The normalized spacial score (nSPS) is 12.4. The number of amides is 2. The largest absolute Gasteiger partial charge is 0.496 e. The van der Waals surface area contributed by atoms with Crippen LogP contribution >= 0.6 is 0 Å². The van der Waals surface area contributed by atoms with Gasteiger partial charge in [-0.2, -0.15) is 5.26 Å². The Kier molecular flexibility index (Phi) is 5.63. The fourth-order valence-corrected chi connectivity index (χ4v) is 2.47. The van der Waals surface area contributed by atoms with E-state index in [1.54, 1.807) is 63.5 Å². The Balaban J connectivity index is 2.36. The Morgan fingerprint density at radius 2 is 1.81 bits per heavy atom. The lowest BCUT2D eigenvalue weighted by Crippen LogP contribution is -2.36. The van der Waals surface area contributed by atoms with Gasteiger partial charge in [0, 0.05) is 19.8 Å². The van der Waals surface area contributed by atoms with E-state index in [9.17, 15) is 14.9 Å². The molecule has 0 saturated heterocycles. The molecule has 26 heavy (non-hydrogen) atoms. The van der Waals surface area contributed by atoms with Gasteiger partial charge in [-0.05, 0) is 30.7 Å². The van der Waals surface area contributed by atoms with Gasteiger partial charge in [-0.25, -0.2) is 0 Å². The van der Waals surface area contributed by atoms with Crippen molar-refractivity contribution < 1.29 is 14.3 Å². The summed E-state index contributed by atoms with van der Waals surface area (Å²) >= 11 is 0. The summed E-state index contributed by atoms with van der Waals surface area (Å²) in [5.74, 6) is -0.309. The first-order valence-corrected chi connectivity index (χ1v) is 8.01. The molecular formula is C20H21N3O3. The van der Waals surface area contributed by atoms with Crippen molar-refractivity contribution in [3.8, 4) is 11.8 Å². The third-order valence-electron chi connectivity index (χ3n) is 4.12. The van der Waals surface area contributed by atoms with Gasteiger partial charge in [-0.1, -0.05) is 30.3 Å². The van der Waals surface area contributed by atoms with Gasteiger partial charge < -0.3 is 15.0 Å². The predicted molar refractivity (Wildman–Crippen MR) is 99.0 cm³/mol. The number of hydrogen-bond donors (Lipinski definition) is 1. The number of anilines is 1. The smallest absolute Gasteiger partial charge is 0.257 e. The first-order valence-electron chi connectivity index (χ1n) is 8.01. The summed E-state index contributed by atoms with van der Waals surface area (Å²) in [4.78, 5) is 26.5. The quantitative estimate of drug-likeness (QED) is 0.898. The van der Waals surface area contributed by atoms with Crippen LogP contribution in [0, 0.1) is 11.3 Å². The highest BCUT2D eigenvalue weighted by Crippen LogP contribution is 2.27. The van der Waals surface area contributed by atoms with Gasteiger partial charge in [0.2, 0.25) is 5.91 Å². The molecule has 6 heteroatoms. The molecule has 0 fully saturated rings. The zero-order chi connectivity index (χ0) is 19.3. The van der Waals surface area contributed by atoms with Crippen molar-refractivity contribution in [3.63, 3.8) is 0 Å². The van der Waals surface area contributed by atoms with Crippen molar-refractivity contribution in [1.29, 1.82) is 5.26 Å². The fourth-order valence-electron chi connectivity index (χ4n) is 2.47. The predicted octanol–water partition coefficient (Wildman–Crippen LogP) is 2.82. The Hall–Kier alpha value is -3.33. The number of carbonyl (C=O) groups is 2. The molecule has 0 aliphatic heterocycles. The molecule has 1 unspecified atom stereocenters. The van der Waals surface area contributed by atoms with E-state index in [2.05, 4.69) is 11.4 Å². The molecule has 6 nitrogen and oxygen atoms in total. The van der Waals surface area contributed by atoms with Crippen LogP contribution in [-0.4, -0.2) is 37.9 Å². The minimum atomic E-state index is -1.35. The summed E-state index contributed by atoms with van der Waals surface area (Å²) in [5, 5.41) is 12.3. The summed E-state index contributed by atoms with van der Waals surface area (Å²) in [7, 11) is 4.74. The molecule has 0 aromatic heterocycles. The third kappa shape index (κ3) is 3.67. The first kappa shape index (κ1) is 19.0. The van der Waals surface area contributed by atoms with Gasteiger partial charge in [-0.15, -0.1) is 0 Å². The molecule has 0 spiro atoms. The topological polar surface area (TPSA) is 82.4 Å². The molecule has 2 amide bonds. The van der Waals surface area contributed by atoms with E-state index >= 15 is 0 Å². The summed E-state index contributed by atoms with van der Waals surface area (Å²) in [6.45, 7) is 1.56. The van der Waals surface area contributed by atoms with Crippen LogP contribution < -0.4 is 10.1 Å². The molecule has 2 aromatic rings. The van der Waals surface area contributed by atoms with Crippen molar-refractivity contribution in [2.24, 2.45) is 0 Å². The lowest BCUT2D eigenvalue weighted by Gasteiger charge is -2.22. The lowest BCUT2D eigenvalue weighted by molar-refractivity contribution is -0.119. The molecule has 2 rings (SSSR count). The Morgan fingerprint density at radius 1 is 1.15 bits per heavy atom. The number of nitrogens with one attached hydrogen (secondary N) is 1. The Morgan fingerprint density at radius 3 is 2.35 bits per heavy atom. The summed E-state index contributed by atoms with van der Waals surface area (Å²) in [6.07, 6.45) is 0. The molecule has 0 bridgehead atoms. The Bertz CT molecular complexity index is 856. The van der Waals surface area contributed by atoms with E-state index in [-0.39, 0.29) is 5.91 Å². The van der Waals surface area contributed by atoms with Crippen molar-refractivity contribution in [2.75, 3.05) is 26.5 Å². The van der Waals surface area contributed by atoms with Crippen LogP contribution in [0.5, 0.6) is 5.75 Å². The first-order chi connectivity index (χ1) is 12.3. The molecule has 0 aliphatic carbocycles. The highest BCUT2D eigenvalue weighted by Gasteiger charge is 2.35. The lowest BCUT2D eigenvalue weighted by atomic mass is 9.83. The zero-order valence-corrected chi connectivity index (χ0v) is 15.2. The van der Waals surface area contributed by atoms with Gasteiger partial charge in [0.25, 0.3) is 5.91 Å². The number of benzene rings is 2. The molecule has 1 atom stereocenters. The zero-order valence-electron chi connectivity index (χ0n) is 15.2. The number of carbonyl (C=O) groups excluding carboxylic acids is 2. The van der Waals surface area contributed by atoms with Crippen LogP contribution in [0.1, 0.15) is 22.8 Å². The van der Waals surface area contributed by atoms with Gasteiger partial charge >= 0.3 is 0 Å². The second-order valence-corrected chi connectivity index (χ2v) is 6.17. The fraction of sp³-hybridized carbons (Fsp3) is 0.250. The minimum absolute atomic E-state index is 0.246. The van der Waals surface area contributed by atoms with Gasteiger partial charge in [0.1, 0.15) is 5.75 Å². The number of nitrogens with zero attached hydrogens (tertiary/aromatic N) is 2. The van der Waals surface area contributed by atoms with E-state index < -0.39 is 11.3 Å². The standard InChI is InChI=1S/C20H21N3O3/c1-20(13-21,14-8-6-5-7-9-14)19(25)22-15-10-11-17(26-4)16(12-15)18(24)23(2)3/h5-12H,1-4H3,(H,22,25). The number of nitriles is 1. The maximum atomic E-state index is 12.8. The van der Waals surface area contributed by atoms with E-state index in [0.29, 0.717) is 22.6 Å². The molecule has 0 aliphatic rings. The second-order valence-electron chi connectivity index (χ2n) is 6.17. The van der Waals surface area contributed by atoms with Gasteiger partial charge in [-0.3, -0.25) is 9.59 Å². The number of rotatable bonds is 5. The average Bonchev–Trinajstić information content (AvgIpc) is 2.67. The van der Waals surface area contributed by atoms with Crippen LogP contribution in [0.15, 0.2) is 48.5 Å². The van der Waals surface area contributed by atoms with Crippen LogP contribution in [-0.2, 0) is 10.2 Å². The maximum Gasteiger partial charge on any atom is 0.257 e. The van der Waals surface area contributed by atoms with E-state index in [1.165, 1.54) is 12.0 Å². The summed E-state index contributed by atoms with van der Waals surface area (Å²) in [5.41, 5.74) is -0.0161. The molecule has 1 N–H and O–H groups in total. The molecule has 0 radical (unpaired) electrons. The van der Waals surface area contributed by atoms with Crippen molar-refractivity contribution >= 4 is 17.5 Å². The van der Waals surface area contributed by atoms with Gasteiger partial charge in [0.15, 0.2) is 5.41 Å². The maximum absolute atomic E-state index is 12.8. The van der Waals surface area contributed by atoms with E-state index in [1.807, 2.05) is 6.07 Å². The van der Waals surface area contributed by atoms with Crippen LogP contribution in [0.2, 0.25) is 0 Å². The Labute approximate surface area is 153 Å². The molecule has 2 aromatic carbocycles.